The van der Waals surface area contributed by atoms with E-state index in [0.29, 0.717) is 16.3 Å². The summed E-state index contributed by atoms with van der Waals surface area (Å²) in [6.07, 6.45) is 0.439. The smallest absolute Gasteiger partial charge is 0.243 e. The van der Waals surface area contributed by atoms with Gasteiger partial charge in [0, 0.05) is 19.8 Å². The van der Waals surface area contributed by atoms with Crippen molar-refractivity contribution < 1.29 is 19.1 Å². The van der Waals surface area contributed by atoms with Gasteiger partial charge in [-0.25, -0.2) is 0 Å². The molecule has 0 heterocycles. The average molecular weight is 418 g/mol. The number of halogens is 1. The molecule has 7 nitrogen and oxygen atoms in total. The van der Waals surface area contributed by atoms with E-state index in [-0.39, 0.29) is 18.7 Å². The highest BCUT2D eigenvalue weighted by Gasteiger charge is 2.25. The molecular weight excluding hydrogens is 394 g/mol. The summed E-state index contributed by atoms with van der Waals surface area (Å²) >= 11 is 6.12. The first-order valence-electron chi connectivity index (χ1n) is 9.03. The monoisotopic (exact) mass is 417 g/mol. The molecule has 0 bridgehead atoms. The van der Waals surface area contributed by atoms with Crippen LogP contribution in [0.2, 0.25) is 5.02 Å². The lowest BCUT2D eigenvalue weighted by atomic mass is 10.0. The van der Waals surface area contributed by atoms with Crippen molar-refractivity contribution in [3.05, 3.63) is 64.7 Å². The fraction of sp³-hybridized carbons (Fsp3) is 0.286. The minimum Gasteiger partial charge on any atom is -0.495 e. The van der Waals surface area contributed by atoms with Gasteiger partial charge < -0.3 is 21.1 Å². The van der Waals surface area contributed by atoms with E-state index in [1.807, 2.05) is 30.3 Å². The maximum absolute atomic E-state index is 12.8. The van der Waals surface area contributed by atoms with Crippen LogP contribution in [0.4, 0.5) is 0 Å². The molecule has 0 aliphatic heterocycles. The van der Waals surface area contributed by atoms with Crippen LogP contribution in [0.1, 0.15) is 18.1 Å². The van der Waals surface area contributed by atoms with Gasteiger partial charge >= 0.3 is 0 Å². The zero-order chi connectivity index (χ0) is 21.4. The Hall–Kier alpha value is -3.06. The molecule has 4 N–H and O–H groups in total. The maximum Gasteiger partial charge on any atom is 0.243 e. The Bertz CT molecular complexity index is 873. The molecule has 2 atom stereocenters. The Kier molecular flexibility index (Phi) is 8.03. The van der Waals surface area contributed by atoms with E-state index >= 15 is 0 Å². The summed E-state index contributed by atoms with van der Waals surface area (Å²) in [7, 11) is 1.50. The van der Waals surface area contributed by atoms with E-state index in [4.69, 9.17) is 22.1 Å². The zero-order valence-electron chi connectivity index (χ0n) is 16.3. The number of carbonyl (C=O) groups excluding carboxylic acids is 3. The van der Waals surface area contributed by atoms with Crippen LogP contribution >= 0.6 is 11.6 Å². The summed E-state index contributed by atoms with van der Waals surface area (Å²) in [4.78, 5) is 36.2. The van der Waals surface area contributed by atoms with Gasteiger partial charge in [0.15, 0.2) is 0 Å². The van der Waals surface area contributed by atoms with Crippen molar-refractivity contribution in [2.24, 2.45) is 5.73 Å². The number of methoxy groups -OCH3 is 1. The number of hydrogen-bond acceptors (Lipinski definition) is 4. The van der Waals surface area contributed by atoms with Gasteiger partial charge in [0.2, 0.25) is 17.7 Å². The number of hydrogen-bond donors (Lipinski definition) is 3. The molecule has 8 heteroatoms. The predicted octanol–water partition coefficient (Wildman–Crippen LogP) is 1.61. The number of amides is 3. The van der Waals surface area contributed by atoms with Crippen molar-refractivity contribution in [3.63, 3.8) is 0 Å². The molecule has 29 heavy (non-hydrogen) atoms. The number of rotatable bonds is 9. The first-order chi connectivity index (χ1) is 13.8. The molecule has 0 aliphatic rings. The summed E-state index contributed by atoms with van der Waals surface area (Å²) in [6, 6.07) is 12.5. The Morgan fingerprint density at radius 1 is 1.00 bits per heavy atom. The van der Waals surface area contributed by atoms with E-state index in [0.717, 1.165) is 5.56 Å². The van der Waals surface area contributed by atoms with Crippen molar-refractivity contribution in [1.29, 1.82) is 0 Å². The summed E-state index contributed by atoms with van der Waals surface area (Å²) in [6.45, 7) is 1.33. The summed E-state index contributed by atoms with van der Waals surface area (Å²) in [5, 5.41) is 5.64. The highest BCUT2D eigenvalue weighted by molar-refractivity contribution is 6.32. The van der Waals surface area contributed by atoms with Gasteiger partial charge in [-0.1, -0.05) is 48.0 Å². The fourth-order valence-corrected chi connectivity index (χ4v) is 3.15. The maximum atomic E-state index is 12.8. The molecule has 0 aliphatic carbocycles. The lowest BCUT2D eigenvalue weighted by Gasteiger charge is -2.22. The molecule has 0 aromatic heterocycles. The van der Waals surface area contributed by atoms with E-state index in [2.05, 4.69) is 10.6 Å². The molecule has 2 rings (SSSR count). The topological polar surface area (TPSA) is 111 Å². The molecule has 2 aromatic rings. The average Bonchev–Trinajstić information content (AvgIpc) is 2.67. The predicted molar refractivity (Wildman–Crippen MR) is 111 cm³/mol. The van der Waals surface area contributed by atoms with Gasteiger partial charge in [0.05, 0.1) is 12.1 Å². The van der Waals surface area contributed by atoms with Gasteiger partial charge in [-0.3, -0.25) is 14.4 Å². The van der Waals surface area contributed by atoms with Crippen LogP contribution in [0.3, 0.4) is 0 Å². The highest BCUT2D eigenvalue weighted by atomic mass is 35.5. The van der Waals surface area contributed by atoms with Crippen LogP contribution in [-0.2, 0) is 27.2 Å². The molecule has 0 saturated carbocycles. The largest absolute Gasteiger partial charge is 0.495 e. The van der Waals surface area contributed by atoms with E-state index in [9.17, 15) is 14.4 Å². The van der Waals surface area contributed by atoms with Gasteiger partial charge in [0.25, 0.3) is 0 Å². The van der Waals surface area contributed by atoms with E-state index in [1.54, 1.807) is 18.2 Å². The first kappa shape index (κ1) is 22.2. The van der Waals surface area contributed by atoms with Gasteiger partial charge in [-0.2, -0.15) is 0 Å². The minimum atomic E-state index is -0.959. The molecule has 154 valence electrons. The summed E-state index contributed by atoms with van der Waals surface area (Å²) in [5.74, 6) is -1.03. The van der Waals surface area contributed by atoms with Crippen molar-refractivity contribution in [2.45, 2.75) is 31.8 Å². The van der Waals surface area contributed by atoms with Crippen molar-refractivity contribution in [3.8, 4) is 5.75 Å². The quantitative estimate of drug-likeness (QED) is 0.575. The molecule has 2 aromatic carbocycles. The van der Waals surface area contributed by atoms with Crippen molar-refractivity contribution in [1.82, 2.24) is 10.6 Å². The Labute approximate surface area is 174 Å². The van der Waals surface area contributed by atoms with Crippen LogP contribution < -0.4 is 21.1 Å². The zero-order valence-corrected chi connectivity index (χ0v) is 17.0. The molecule has 0 radical (unpaired) electrons. The number of ether oxygens (including phenoxy) is 1. The van der Waals surface area contributed by atoms with Crippen LogP contribution in [0.15, 0.2) is 48.5 Å². The van der Waals surface area contributed by atoms with Crippen LogP contribution in [0.5, 0.6) is 5.75 Å². The summed E-state index contributed by atoms with van der Waals surface area (Å²) < 4.78 is 5.11. The number of primary amides is 1. The van der Waals surface area contributed by atoms with Crippen LogP contribution in [0, 0.1) is 0 Å². The second kappa shape index (κ2) is 10.5. The number of benzene rings is 2. The second-order valence-electron chi connectivity index (χ2n) is 6.58. The first-order valence-corrected chi connectivity index (χ1v) is 9.41. The van der Waals surface area contributed by atoms with Gasteiger partial charge in [-0.15, -0.1) is 0 Å². The van der Waals surface area contributed by atoms with Gasteiger partial charge in [-0.05, 0) is 23.3 Å². The molecule has 0 saturated heterocycles. The standard InChI is InChI=1S/C21H24ClN3O4/c1-13(26)24-18(11-14-6-4-3-5-7-14)21(28)25-17(20(23)27)12-15-8-9-19(29-2)16(22)10-15/h3-10,17-18H,11-12H2,1-2H3,(H2,23,27)(H,24,26)(H,25,28)/t17-,18+/m1/s1. The van der Waals surface area contributed by atoms with Crippen LogP contribution in [-0.4, -0.2) is 36.9 Å². The lowest BCUT2D eigenvalue weighted by Crippen LogP contribution is -2.54. The fourth-order valence-electron chi connectivity index (χ4n) is 2.87. The van der Waals surface area contributed by atoms with Crippen molar-refractivity contribution in [2.75, 3.05) is 7.11 Å². The van der Waals surface area contributed by atoms with Crippen LogP contribution in [0.25, 0.3) is 0 Å². The third kappa shape index (κ3) is 6.80. The van der Waals surface area contributed by atoms with E-state index < -0.39 is 23.9 Å². The third-order valence-corrected chi connectivity index (χ3v) is 4.59. The number of nitrogens with two attached hydrogens (primary N) is 1. The second-order valence-corrected chi connectivity index (χ2v) is 6.99. The minimum absolute atomic E-state index is 0.156. The van der Waals surface area contributed by atoms with Gasteiger partial charge in [0.1, 0.15) is 17.8 Å². The molecule has 3 amide bonds. The number of nitrogens with one attached hydrogen (secondary N) is 2. The van der Waals surface area contributed by atoms with E-state index in [1.165, 1.54) is 14.0 Å². The Morgan fingerprint density at radius 3 is 2.21 bits per heavy atom. The SMILES string of the molecule is COc1ccc(C[C@@H](NC(=O)[C@H](Cc2ccccc2)NC(C)=O)C(N)=O)cc1Cl. The third-order valence-electron chi connectivity index (χ3n) is 4.29. The highest BCUT2D eigenvalue weighted by Crippen LogP contribution is 2.25. The molecule has 0 spiro atoms. The Balaban J connectivity index is 2.13. The molecule has 0 fully saturated rings. The summed E-state index contributed by atoms with van der Waals surface area (Å²) in [5.41, 5.74) is 7.06. The Morgan fingerprint density at radius 2 is 1.66 bits per heavy atom. The number of carbonyl (C=O) groups is 3. The normalized spacial score (nSPS) is 12.5. The van der Waals surface area contributed by atoms with Crippen molar-refractivity contribution >= 4 is 29.3 Å². The molecule has 0 unspecified atom stereocenters. The lowest BCUT2D eigenvalue weighted by molar-refractivity contribution is -0.130. The molecular formula is C21H24ClN3O4.